The zero-order valence-corrected chi connectivity index (χ0v) is 14.6. The molecule has 128 valence electrons. The normalized spacial score (nSPS) is 15.1. The summed E-state index contributed by atoms with van der Waals surface area (Å²) in [5.41, 5.74) is 0.813. The second kappa shape index (κ2) is 6.40. The molecule has 0 aliphatic heterocycles. The molecule has 1 aromatic carbocycles. The molecule has 7 heteroatoms. The average molecular weight is 354 g/mol. The molecule has 0 atom stereocenters. The number of hydrogen-bond donors (Lipinski definition) is 1. The van der Waals surface area contributed by atoms with E-state index in [1.54, 1.807) is 6.26 Å². The minimum Gasteiger partial charge on any atom is -0.461 e. The van der Waals surface area contributed by atoms with E-state index in [2.05, 4.69) is 15.5 Å². The van der Waals surface area contributed by atoms with Gasteiger partial charge < -0.3 is 9.73 Å². The lowest BCUT2D eigenvalue weighted by atomic mass is 10.3. The first kappa shape index (κ1) is 16.0. The van der Waals surface area contributed by atoms with Gasteiger partial charge in [-0.15, -0.1) is 10.2 Å². The molecule has 2 heterocycles. The number of nitrogens with zero attached hydrogens (tertiary/aromatic N) is 3. The molecule has 0 radical (unpaired) electrons. The average Bonchev–Trinajstić information content (AvgIpc) is 3.05. The van der Waals surface area contributed by atoms with Crippen molar-refractivity contribution in [1.82, 2.24) is 14.8 Å². The van der Waals surface area contributed by atoms with Crippen LogP contribution in [0.15, 0.2) is 58.3 Å². The van der Waals surface area contributed by atoms with E-state index in [1.165, 1.54) is 11.8 Å². The Hall–Kier alpha value is -2.54. The van der Waals surface area contributed by atoms with Crippen molar-refractivity contribution >= 4 is 23.4 Å². The monoisotopic (exact) mass is 354 g/mol. The molecular weight excluding hydrogens is 336 g/mol. The Morgan fingerprint density at radius 1 is 1.24 bits per heavy atom. The fourth-order valence-corrected chi connectivity index (χ4v) is 3.87. The van der Waals surface area contributed by atoms with Gasteiger partial charge in [-0.25, -0.2) is 0 Å². The molecule has 1 saturated carbocycles. The molecule has 2 aromatic heterocycles. The van der Waals surface area contributed by atoms with Crippen LogP contribution < -0.4 is 5.32 Å². The van der Waals surface area contributed by atoms with Crippen LogP contribution in [0.2, 0.25) is 0 Å². The zero-order chi connectivity index (χ0) is 17.3. The summed E-state index contributed by atoms with van der Waals surface area (Å²) in [6.07, 6.45) is 3.29. The number of carbonyl (C=O) groups is 1. The number of carbonyl (C=O) groups excluding carboxylic acids is 1. The predicted molar refractivity (Wildman–Crippen MR) is 96.3 cm³/mol. The third kappa shape index (κ3) is 3.07. The van der Waals surface area contributed by atoms with E-state index in [9.17, 15) is 4.79 Å². The highest BCUT2D eigenvalue weighted by molar-refractivity contribution is 8.01. The Kier molecular flexibility index (Phi) is 4.09. The first-order chi connectivity index (χ1) is 12.2. The molecule has 0 spiro atoms. The molecule has 1 N–H and O–H groups in total. The summed E-state index contributed by atoms with van der Waals surface area (Å²) in [6, 6.07) is 13.2. The molecule has 4 rings (SSSR count). The number of para-hydroxylation sites is 1. The molecule has 0 saturated heterocycles. The number of amides is 1. The highest BCUT2D eigenvalue weighted by Crippen LogP contribution is 2.52. The molecule has 1 amide bonds. The molecule has 3 aromatic rings. The van der Waals surface area contributed by atoms with Gasteiger partial charge >= 0.3 is 0 Å². The smallest absolute Gasteiger partial charge is 0.241 e. The van der Waals surface area contributed by atoms with Gasteiger partial charge in [0, 0.05) is 12.2 Å². The molecular formula is C18H18N4O2S. The molecule has 0 unspecified atom stereocenters. The quantitative estimate of drug-likeness (QED) is 0.728. The fraction of sp³-hybridized carbons (Fsp3) is 0.278. The Bertz CT molecular complexity index is 870. The van der Waals surface area contributed by atoms with Gasteiger partial charge in [0.2, 0.25) is 5.91 Å². The van der Waals surface area contributed by atoms with Crippen LogP contribution in [-0.2, 0) is 11.3 Å². The third-order valence-corrected chi connectivity index (χ3v) is 5.68. The lowest BCUT2D eigenvalue weighted by Gasteiger charge is -2.15. The summed E-state index contributed by atoms with van der Waals surface area (Å²) in [5.74, 6) is 1.39. The molecule has 6 nitrogen and oxygen atoms in total. The Labute approximate surface area is 149 Å². The zero-order valence-electron chi connectivity index (χ0n) is 13.8. The second-order valence-corrected chi connectivity index (χ2v) is 7.29. The first-order valence-corrected chi connectivity index (χ1v) is 9.06. The molecule has 1 fully saturated rings. The van der Waals surface area contributed by atoms with Gasteiger partial charge in [-0.05, 0) is 44.0 Å². The van der Waals surface area contributed by atoms with Crippen LogP contribution in [0.3, 0.4) is 0 Å². The van der Waals surface area contributed by atoms with Crippen LogP contribution in [0.25, 0.3) is 11.6 Å². The van der Waals surface area contributed by atoms with Gasteiger partial charge in [0.25, 0.3) is 0 Å². The van der Waals surface area contributed by atoms with Crippen molar-refractivity contribution in [3.05, 3.63) is 48.7 Å². The molecule has 1 aliphatic rings. The molecule has 25 heavy (non-hydrogen) atoms. The van der Waals surface area contributed by atoms with E-state index in [1.807, 2.05) is 54.0 Å². The van der Waals surface area contributed by atoms with E-state index >= 15 is 0 Å². The molecule has 1 aliphatic carbocycles. The second-order valence-electron chi connectivity index (χ2n) is 5.94. The number of hydrogen-bond acceptors (Lipinski definition) is 5. The Balaban J connectivity index is 1.55. The maximum atomic E-state index is 12.7. The Morgan fingerprint density at radius 3 is 2.68 bits per heavy atom. The van der Waals surface area contributed by atoms with Gasteiger partial charge in [0.15, 0.2) is 16.7 Å². The lowest BCUT2D eigenvalue weighted by Crippen LogP contribution is -2.27. The van der Waals surface area contributed by atoms with Crippen molar-refractivity contribution in [3.63, 3.8) is 0 Å². The molecule has 0 bridgehead atoms. The minimum absolute atomic E-state index is 0.0221. The van der Waals surface area contributed by atoms with Gasteiger partial charge in [-0.1, -0.05) is 30.0 Å². The van der Waals surface area contributed by atoms with Gasteiger partial charge in [-0.2, -0.15) is 0 Å². The van der Waals surface area contributed by atoms with E-state index in [4.69, 9.17) is 4.42 Å². The highest BCUT2D eigenvalue weighted by Gasteiger charge is 2.52. The summed E-state index contributed by atoms with van der Waals surface area (Å²) in [5, 5.41) is 12.3. The van der Waals surface area contributed by atoms with E-state index in [-0.39, 0.29) is 5.91 Å². The van der Waals surface area contributed by atoms with Crippen molar-refractivity contribution in [3.8, 4) is 11.6 Å². The lowest BCUT2D eigenvalue weighted by molar-refractivity contribution is -0.116. The number of rotatable bonds is 6. The summed E-state index contributed by atoms with van der Waals surface area (Å²) in [6.45, 7) is 2.74. The summed E-state index contributed by atoms with van der Waals surface area (Å²) < 4.78 is 6.96. The largest absolute Gasteiger partial charge is 0.461 e. The number of aromatic nitrogens is 3. The number of nitrogens with one attached hydrogen (secondary N) is 1. The van der Waals surface area contributed by atoms with Crippen molar-refractivity contribution in [2.24, 2.45) is 0 Å². The van der Waals surface area contributed by atoms with Crippen LogP contribution in [0, 0.1) is 0 Å². The van der Waals surface area contributed by atoms with Crippen LogP contribution >= 0.6 is 11.8 Å². The maximum Gasteiger partial charge on any atom is 0.241 e. The summed E-state index contributed by atoms with van der Waals surface area (Å²) >= 11 is 1.49. The standard InChI is InChI=1S/C18H18N4O2S/c1-2-22-15(14-9-6-12-24-14)20-21-17(22)25-18(10-11-18)16(23)19-13-7-4-3-5-8-13/h3-9,12H,2,10-11H2,1H3,(H,19,23). The topological polar surface area (TPSA) is 73.0 Å². The third-order valence-electron chi connectivity index (χ3n) is 4.21. The van der Waals surface area contributed by atoms with Crippen molar-refractivity contribution in [1.29, 1.82) is 0 Å². The van der Waals surface area contributed by atoms with Crippen molar-refractivity contribution in [2.75, 3.05) is 5.32 Å². The van der Waals surface area contributed by atoms with E-state index in [0.29, 0.717) is 18.1 Å². The van der Waals surface area contributed by atoms with E-state index < -0.39 is 4.75 Å². The number of furan rings is 1. The number of benzene rings is 1. The van der Waals surface area contributed by atoms with Crippen molar-refractivity contribution < 1.29 is 9.21 Å². The van der Waals surface area contributed by atoms with Crippen molar-refractivity contribution in [2.45, 2.75) is 36.2 Å². The Morgan fingerprint density at radius 2 is 2.04 bits per heavy atom. The van der Waals surface area contributed by atoms with Crippen LogP contribution in [0.5, 0.6) is 0 Å². The summed E-state index contributed by atoms with van der Waals surface area (Å²) in [4.78, 5) is 12.7. The van der Waals surface area contributed by atoms with Gasteiger partial charge in [-0.3, -0.25) is 9.36 Å². The van der Waals surface area contributed by atoms with Crippen LogP contribution in [0.1, 0.15) is 19.8 Å². The van der Waals surface area contributed by atoms with Gasteiger partial charge in [0.1, 0.15) is 4.75 Å². The highest BCUT2D eigenvalue weighted by atomic mass is 32.2. The number of thioether (sulfide) groups is 1. The van der Waals surface area contributed by atoms with Gasteiger partial charge in [0.05, 0.1) is 6.26 Å². The van der Waals surface area contributed by atoms with E-state index in [0.717, 1.165) is 23.7 Å². The first-order valence-electron chi connectivity index (χ1n) is 8.24. The van der Waals surface area contributed by atoms with Crippen LogP contribution in [0.4, 0.5) is 5.69 Å². The number of anilines is 1. The fourth-order valence-electron chi connectivity index (χ4n) is 2.67. The minimum atomic E-state index is -0.462. The maximum absolute atomic E-state index is 12.7. The SMILES string of the molecule is CCn1c(SC2(C(=O)Nc3ccccc3)CC2)nnc1-c1ccco1. The van der Waals surface area contributed by atoms with Crippen LogP contribution in [-0.4, -0.2) is 25.4 Å². The summed E-state index contributed by atoms with van der Waals surface area (Å²) in [7, 11) is 0. The predicted octanol–water partition coefficient (Wildman–Crippen LogP) is 3.82.